The number of nitrogens with zero attached hydrogens (tertiary/aromatic N) is 4. The van der Waals surface area contributed by atoms with Crippen LogP contribution in [0.3, 0.4) is 0 Å². The highest BCUT2D eigenvalue weighted by molar-refractivity contribution is 5.90. The van der Waals surface area contributed by atoms with E-state index in [1.54, 1.807) is 29.5 Å². The SMILES string of the molecule is Cc1cnncc1-n1cc(NC(=O)CCCCO)cn1. The van der Waals surface area contributed by atoms with Gasteiger partial charge >= 0.3 is 0 Å². The van der Waals surface area contributed by atoms with E-state index in [1.165, 1.54) is 0 Å². The van der Waals surface area contributed by atoms with Gasteiger partial charge in [-0.25, -0.2) is 4.68 Å². The molecule has 0 atom stereocenters. The molecule has 0 saturated heterocycles. The molecule has 0 aromatic carbocycles. The Morgan fingerprint density at radius 1 is 1.30 bits per heavy atom. The second-order valence-corrected chi connectivity index (χ2v) is 4.46. The fraction of sp³-hybridized carbons (Fsp3) is 0.385. The van der Waals surface area contributed by atoms with E-state index in [0.29, 0.717) is 24.9 Å². The van der Waals surface area contributed by atoms with Crippen LogP contribution in [-0.4, -0.2) is 37.6 Å². The zero-order valence-corrected chi connectivity index (χ0v) is 11.3. The van der Waals surface area contributed by atoms with Crippen molar-refractivity contribution in [2.75, 3.05) is 11.9 Å². The number of hydrogen-bond acceptors (Lipinski definition) is 5. The molecule has 20 heavy (non-hydrogen) atoms. The van der Waals surface area contributed by atoms with Crippen LogP contribution in [-0.2, 0) is 4.79 Å². The van der Waals surface area contributed by atoms with Crippen LogP contribution in [0, 0.1) is 6.92 Å². The number of anilines is 1. The summed E-state index contributed by atoms with van der Waals surface area (Å²) >= 11 is 0. The van der Waals surface area contributed by atoms with Crippen molar-refractivity contribution >= 4 is 11.6 Å². The van der Waals surface area contributed by atoms with Gasteiger partial charge < -0.3 is 10.4 Å². The number of carbonyl (C=O) groups is 1. The largest absolute Gasteiger partial charge is 0.396 e. The van der Waals surface area contributed by atoms with Gasteiger partial charge in [0, 0.05) is 13.0 Å². The monoisotopic (exact) mass is 275 g/mol. The second kappa shape index (κ2) is 6.76. The maximum absolute atomic E-state index is 11.6. The first-order valence-corrected chi connectivity index (χ1v) is 6.44. The summed E-state index contributed by atoms with van der Waals surface area (Å²) in [5.41, 5.74) is 2.40. The highest BCUT2D eigenvalue weighted by atomic mass is 16.3. The number of aryl methyl sites for hydroxylation is 1. The van der Waals surface area contributed by atoms with Crippen molar-refractivity contribution in [3.05, 3.63) is 30.4 Å². The van der Waals surface area contributed by atoms with Gasteiger partial charge in [0.05, 0.1) is 36.2 Å². The molecule has 2 aromatic rings. The number of unbranched alkanes of at least 4 members (excludes halogenated alkanes) is 1. The summed E-state index contributed by atoms with van der Waals surface area (Å²) in [6, 6.07) is 0. The second-order valence-electron chi connectivity index (χ2n) is 4.46. The fourth-order valence-corrected chi connectivity index (χ4v) is 1.76. The number of carbonyl (C=O) groups excluding carboxylic acids is 1. The van der Waals surface area contributed by atoms with Crippen molar-refractivity contribution in [3.63, 3.8) is 0 Å². The maximum atomic E-state index is 11.6. The number of rotatable bonds is 6. The molecule has 0 fully saturated rings. The average molecular weight is 275 g/mol. The third-order valence-corrected chi connectivity index (χ3v) is 2.83. The molecule has 2 N–H and O–H groups in total. The van der Waals surface area contributed by atoms with E-state index < -0.39 is 0 Å². The van der Waals surface area contributed by atoms with Gasteiger partial charge in [0.1, 0.15) is 0 Å². The van der Waals surface area contributed by atoms with Gasteiger partial charge in [-0.15, -0.1) is 0 Å². The van der Waals surface area contributed by atoms with E-state index in [-0.39, 0.29) is 12.5 Å². The van der Waals surface area contributed by atoms with Gasteiger partial charge in [0.25, 0.3) is 0 Å². The number of aromatic nitrogens is 4. The molecule has 1 amide bonds. The van der Waals surface area contributed by atoms with Crippen LogP contribution >= 0.6 is 0 Å². The minimum absolute atomic E-state index is 0.0809. The van der Waals surface area contributed by atoms with E-state index in [0.717, 1.165) is 11.3 Å². The molecule has 106 valence electrons. The first kappa shape index (κ1) is 14.1. The van der Waals surface area contributed by atoms with Gasteiger partial charge in [-0.2, -0.15) is 15.3 Å². The van der Waals surface area contributed by atoms with Crippen LogP contribution in [0.1, 0.15) is 24.8 Å². The highest BCUT2D eigenvalue weighted by Crippen LogP contribution is 2.14. The standard InChI is InChI=1S/C13H17N5O2/c1-10-6-14-15-8-12(10)18-9-11(7-16-18)17-13(20)4-2-3-5-19/h6-9,19H,2-5H2,1H3,(H,17,20). The molecule has 0 radical (unpaired) electrons. The van der Waals surface area contributed by atoms with E-state index in [4.69, 9.17) is 5.11 Å². The van der Waals surface area contributed by atoms with Gasteiger partial charge in [0.15, 0.2) is 0 Å². The van der Waals surface area contributed by atoms with Gasteiger partial charge in [0.2, 0.25) is 5.91 Å². The lowest BCUT2D eigenvalue weighted by molar-refractivity contribution is -0.116. The van der Waals surface area contributed by atoms with E-state index in [1.807, 2.05) is 6.92 Å². The van der Waals surface area contributed by atoms with Crippen molar-refractivity contribution in [2.45, 2.75) is 26.2 Å². The molecule has 2 heterocycles. The van der Waals surface area contributed by atoms with Crippen LogP contribution in [0.4, 0.5) is 5.69 Å². The summed E-state index contributed by atoms with van der Waals surface area (Å²) in [6.07, 6.45) is 8.29. The Morgan fingerprint density at radius 2 is 2.10 bits per heavy atom. The minimum Gasteiger partial charge on any atom is -0.396 e. The Balaban J connectivity index is 1.99. The number of nitrogens with one attached hydrogen (secondary N) is 1. The lowest BCUT2D eigenvalue weighted by Gasteiger charge is -2.03. The molecular weight excluding hydrogens is 258 g/mol. The summed E-state index contributed by atoms with van der Waals surface area (Å²) in [7, 11) is 0. The quantitative estimate of drug-likeness (QED) is 0.769. The Hall–Kier alpha value is -2.28. The molecule has 7 nitrogen and oxygen atoms in total. The first-order valence-electron chi connectivity index (χ1n) is 6.44. The average Bonchev–Trinajstić information content (AvgIpc) is 2.88. The normalized spacial score (nSPS) is 10.5. The van der Waals surface area contributed by atoms with Crippen LogP contribution in [0.2, 0.25) is 0 Å². The van der Waals surface area contributed by atoms with Crippen molar-refractivity contribution in [2.24, 2.45) is 0 Å². The van der Waals surface area contributed by atoms with E-state index in [9.17, 15) is 4.79 Å². The molecular formula is C13H17N5O2. The number of aliphatic hydroxyl groups is 1. The summed E-state index contributed by atoms with van der Waals surface area (Å²) in [5, 5.41) is 23.2. The molecule has 0 unspecified atom stereocenters. The third kappa shape index (κ3) is 3.61. The third-order valence-electron chi connectivity index (χ3n) is 2.83. The molecule has 0 aliphatic carbocycles. The van der Waals surface area contributed by atoms with Crippen LogP contribution < -0.4 is 5.32 Å². The number of amides is 1. The first-order chi connectivity index (χ1) is 9.70. The van der Waals surface area contributed by atoms with Gasteiger partial charge in [-0.3, -0.25) is 4.79 Å². The molecule has 0 aliphatic heterocycles. The van der Waals surface area contributed by atoms with Gasteiger partial charge in [-0.1, -0.05) is 0 Å². The number of aliphatic hydroxyl groups excluding tert-OH is 1. The summed E-state index contributed by atoms with van der Waals surface area (Å²) in [6.45, 7) is 2.03. The Labute approximate surface area is 116 Å². The number of hydrogen-bond donors (Lipinski definition) is 2. The summed E-state index contributed by atoms with van der Waals surface area (Å²) in [5.74, 6) is -0.0809. The molecule has 0 bridgehead atoms. The Kier molecular flexibility index (Phi) is 4.78. The molecule has 0 spiro atoms. The zero-order chi connectivity index (χ0) is 14.4. The molecule has 7 heteroatoms. The Bertz CT molecular complexity index is 582. The van der Waals surface area contributed by atoms with Crippen LogP contribution in [0.5, 0.6) is 0 Å². The predicted octanol–water partition coefficient (Wildman–Crippen LogP) is 1.07. The van der Waals surface area contributed by atoms with Crippen molar-refractivity contribution < 1.29 is 9.90 Å². The van der Waals surface area contributed by atoms with E-state index in [2.05, 4.69) is 20.6 Å². The smallest absolute Gasteiger partial charge is 0.224 e. The Morgan fingerprint density at radius 3 is 2.85 bits per heavy atom. The van der Waals surface area contributed by atoms with Crippen molar-refractivity contribution in [3.8, 4) is 5.69 Å². The topological polar surface area (TPSA) is 92.9 Å². The van der Waals surface area contributed by atoms with Gasteiger partial charge in [-0.05, 0) is 25.3 Å². The van der Waals surface area contributed by atoms with Crippen LogP contribution in [0.25, 0.3) is 5.69 Å². The summed E-state index contributed by atoms with van der Waals surface area (Å²) < 4.78 is 1.65. The molecule has 2 rings (SSSR count). The minimum atomic E-state index is -0.0809. The molecule has 0 saturated carbocycles. The summed E-state index contributed by atoms with van der Waals surface area (Å²) in [4.78, 5) is 11.6. The predicted molar refractivity (Wildman–Crippen MR) is 73.5 cm³/mol. The van der Waals surface area contributed by atoms with Crippen molar-refractivity contribution in [1.82, 2.24) is 20.0 Å². The highest BCUT2D eigenvalue weighted by Gasteiger charge is 2.07. The van der Waals surface area contributed by atoms with Crippen LogP contribution in [0.15, 0.2) is 24.8 Å². The lowest BCUT2D eigenvalue weighted by Crippen LogP contribution is -2.10. The fourth-order valence-electron chi connectivity index (χ4n) is 1.76. The lowest BCUT2D eigenvalue weighted by atomic mass is 10.2. The zero-order valence-electron chi connectivity index (χ0n) is 11.3. The molecule has 2 aromatic heterocycles. The van der Waals surface area contributed by atoms with E-state index >= 15 is 0 Å². The van der Waals surface area contributed by atoms with Crippen molar-refractivity contribution in [1.29, 1.82) is 0 Å². The molecule has 0 aliphatic rings. The maximum Gasteiger partial charge on any atom is 0.224 e.